The molecule has 9 heteroatoms. The molecule has 2 aromatic carbocycles. The number of ether oxygens (including phenoxy) is 2. The lowest BCUT2D eigenvalue weighted by Crippen LogP contribution is -2.44. The maximum atomic E-state index is 12.2. The van der Waals surface area contributed by atoms with Gasteiger partial charge in [-0.15, -0.1) is 0 Å². The molecule has 2 atom stereocenters. The minimum Gasteiger partial charge on any atom is -0.493 e. The van der Waals surface area contributed by atoms with Crippen LogP contribution in [0.25, 0.3) is 0 Å². The fourth-order valence-electron chi connectivity index (χ4n) is 4.99. The van der Waals surface area contributed by atoms with Crippen LogP contribution in [-0.4, -0.2) is 49.6 Å². The minimum absolute atomic E-state index is 0.146. The highest BCUT2D eigenvalue weighted by atomic mass is 16.5. The first-order valence-electron chi connectivity index (χ1n) is 11.3. The molecule has 1 aliphatic heterocycles. The van der Waals surface area contributed by atoms with Gasteiger partial charge in [0.2, 0.25) is 0 Å². The molecule has 4 rings (SSSR count). The van der Waals surface area contributed by atoms with E-state index < -0.39 is 12.0 Å². The van der Waals surface area contributed by atoms with Crippen LogP contribution >= 0.6 is 0 Å². The van der Waals surface area contributed by atoms with Gasteiger partial charge >= 0.3 is 12.0 Å². The number of anilines is 1. The average molecular weight is 467 g/mol. The van der Waals surface area contributed by atoms with Crippen molar-refractivity contribution in [1.82, 2.24) is 10.7 Å². The first kappa shape index (κ1) is 23.6. The summed E-state index contributed by atoms with van der Waals surface area (Å²) in [6.45, 7) is 0.964. The van der Waals surface area contributed by atoms with Crippen LogP contribution in [0.2, 0.25) is 0 Å². The van der Waals surface area contributed by atoms with E-state index in [0.717, 1.165) is 55.9 Å². The van der Waals surface area contributed by atoms with Crippen molar-refractivity contribution in [3.05, 3.63) is 53.6 Å². The van der Waals surface area contributed by atoms with E-state index in [1.165, 1.54) is 17.7 Å². The number of hydrazone groups is 1. The fourth-order valence-corrected chi connectivity index (χ4v) is 4.99. The molecule has 0 radical (unpaired) electrons. The number of methoxy groups -OCH3 is 2. The van der Waals surface area contributed by atoms with Crippen LogP contribution in [0.5, 0.6) is 11.5 Å². The lowest BCUT2D eigenvalue weighted by molar-refractivity contribution is 0.0697. The zero-order valence-electron chi connectivity index (χ0n) is 19.4. The summed E-state index contributed by atoms with van der Waals surface area (Å²) in [7, 11) is 3.29. The van der Waals surface area contributed by atoms with Gasteiger partial charge in [-0.05, 0) is 79.6 Å². The van der Waals surface area contributed by atoms with Crippen molar-refractivity contribution in [2.75, 3.05) is 26.1 Å². The topological polar surface area (TPSA) is 121 Å². The quantitative estimate of drug-likeness (QED) is 0.462. The molecule has 180 valence electrons. The Morgan fingerprint density at radius 3 is 2.59 bits per heavy atom. The number of amides is 2. The van der Waals surface area contributed by atoms with Crippen LogP contribution < -0.4 is 25.5 Å². The number of urea groups is 1. The summed E-state index contributed by atoms with van der Waals surface area (Å²) in [6.07, 6.45) is 4.62. The van der Waals surface area contributed by atoms with Crippen LogP contribution in [-0.2, 0) is 6.42 Å². The third-order valence-corrected chi connectivity index (χ3v) is 6.81. The van der Waals surface area contributed by atoms with Gasteiger partial charge in [0, 0.05) is 23.9 Å². The molecule has 1 heterocycles. The number of fused-ring (bicyclic) bond motifs is 1. The normalized spacial score (nSPS) is 22.6. The number of carboxylic acids is 1. The molecular weight excluding hydrogens is 436 g/mol. The maximum Gasteiger partial charge on any atom is 0.339 e. The summed E-state index contributed by atoms with van der Waals surface area (Å²) in [6, 6.07) is 11.9. The van der Waals surface area contributed by atoms with E-state index >= 15 is 0 Å². The summed E-state index contributed by atoms with van der Waals surface area (Å²) >= 11 is 0. The van der Waals surface area contributed by atoms with Crippen molar-refractivity contribution >= 4 is 23.4 Å². The van der Waals surface area contributed by atoms with E-state index in [0.29, 0.717) is 11.7 Å². The van der Waals surface area contributed by atoms with E-state index in [4.69, 9.17) is 14.6 Å². The Kier molecular flexibility index (Phi) is 7.02. The Morgan fingerprint density at radius 1 is 1.12 bits per heavy atom. The number of nitrogens with zero attached hydrogens (tertiary/aromatic N) is 1. The Balaban J connectivity index is 1.36. The molecule has 2 amide bonds. The van der Waals surface area contributed by atoms with Gasteiger partial charge in [-0.2, -0.15) is 5.10 Å². The van der Waals surface area contributed by atoms with E-state index in [1.54, 1.807) is 26.4 Å². The van der Waals surface area contributed by atoms with Crippen molar-refractivity contribution in [1.29, 1.82) is 0 Å². The van der Waals surface area contributed by atoms with E-state index in [2.05, 4.69) is 33.3 Å². The molecule has 1 aliphatic carbocycles. The molecule has 1 saturated heterocycles. The van der Waals surface area contributed by atoms with Gasteiger partial charge in [-0.25, -0.2) is 15.0 Å². The predicted molar refractivity (Wildman–Crippen MR) is 129 cm³/mol. The van der Waals surface area contributed by atoms with Crippen LogP contribution in [0, 0.1) is 5.41 Å². The second-order valence-corrected chi connectivity index (χ2v) is 8.82. The summed E-state index contributed by atoms with van der Waals surface area (Å²) in [4.78, 5) is 23.2. The highest BCUT2D eigenvalue weighted by Gasteiger charge is 2.45. The lowest BCUT2D eigenvalue weighted by Gasteiger charge is -2.40. The van der Waals surface area contributed by atoms with Gasteiger partial charge < -0.3 is 25.2 Å². The molecule has 2 aromatic rings. The smallest absolute Gasteiger partial charge is 0.339 e. The Bertz CT molecular complexity index is 1090. The molecule has 9 nitrogen and oxygen atoms in total. The average Bonchev–Trinajstić information content (AvgIpc) is 3.25. The number of benzene rings is 2. The van der Waals surface area contributed by atoms with Crippen LogP contribution in [0.3, 0.4) is 0 Å². The third-order valence-electron chi connectivity index (χ3n) is 6.81. The van der Waals surface area contributed by atoms with Crippen LogP contribution in [0.1, 0.15) is 41.6 Å². The van der Waals surface area contributed by atoms with Crippen molar-refractivity contribution in [2.24, 2.45) is 10.5 Å². The van der Waals surface area contributed by atoms with Crippen molar-refractivity contribution in [2.45, 2.75) is 38.1 Å². The van der Waals surface area contributed by atoms with Crippen molar-refractivity contribution < 1.29 is 24.2 Å². The third kappa shape index (κ3) is 5.14. The number of carbonyl (C=O) groups is 2. The molecule has 4 N–H and O–H groups in total. The zero-order valence-corrected chi connectivity index (χ0v) is 19.4. The van der Waals surface area contributed by atoms with E-state index in [-0.39, 0.29) is 11.0 Å². The number of hydrogen-bond acceptors (Lipinski definition) is 6. The van der Waals surface area contributed by atoms with Gasteiger partial charge in [-0.1, -0.05) is 6.07 Å². The van der Waals surface area contributed by atoms with Crippen LogP contribution in [0.4, 0.5) is 10.5 Å². The highest BCUT2D eigenvalue weighted by Crippen LogP contribution is 2.45. The molecule has 0 unspecified atom stereocenters. The first-order valence-corrected chi connectivity index (χ1v) is 11.3. The van der Waals surface area contributed by atoms with Gasteiger partial charge in [0.1, 0.15) is 0 Å². The molecule has 2 fully saturated rings. The molecule has 2 aliphatic rings. The van der Waals surface area contributed by atoms with Gasteiger partial charge in [-0.3, -0.25) is 0 Å². The number of nitrogens with one attached hydrogen (secondary N) is 3. The minimum atomic E-state index is -1.01. The number of carbonyl (C=O) groups excluding carboxylic acids is 1. The van der Waals surface area contributed by atoms with Crippen LogP contribution in [0.15, 0.2) is 47.6 Å². The Morgan fingerprint density at radius 2 is 1.88 bits per heavy atom. The van der Waals surface area contributed by atoms with Crippen molar-refractivity contribution in [3.8, 4) is 11.5 Å². The molecular formula is C25H30N4O5. The highest BCUT2D eigenvalue weighted by molar-refractivity contribution is 5.93. The second-order valence-electron chi connectivity index (χ2n) is 8.82. The Labute approximate surface area is 198 Å². The van der Waals surface area contributed by atoms with E-state index in [9.17, 15) is 9.59 Å². The lowest BCUT2D eigenvalue weighted by atomic mass is 9.67. The monoisotopic (exact) mass is 466 g/mol. The summed E-state index contributed by atoms with van der Waals surface area (Å²) < 4.78 is 10.8. The first-order chi connectivity index (χ1) is 16.4. The predicted octanol–water partition coefficient (Wildman–Crippen LogP) is 3.65. The van der Waals surface area contributed by atoms with E-state index in [1.807, 2.05) is 6.07 Å². The van der Waals surface area contributed by atoms with Gasteiger partial charge in [0.15, 0.2) is 11.5 Å². The summed E-state index contributed by atoms with van der Waals surface area (Å²) in [5.41, 5.74) is 5.55. The van der Waals surface area contributed by atoms with Gasteiger partial charge in [0.05, 0.1) is 19.8 Å². The Hall–Kier alpha value is -3.59. The van der Waals surface area contributed by atoms with Gasteiger partial charge in [0.25, 0.3) is 0 Å². The maximum absolute atomic E-state index is 12.2. The molecule has 1 saturated carbocycles. The number of rotatable bonds is 7. The number of hydrogen-bond donors (Lipinski definition) is 4. The standard InChI is InChI=1S/C25H30N4O5/c1-33-20-8-3-16(13-21(20)34-2)15-25-10-9-19(14-22(25)26-12-11-25)28-29-24(32)27-18-6-4-17(5-7-18)23(30)31/h3-8,13,22,26H,9-12,14-15H2,1-2H3,(H,30,31)(H2,27,29,32)/t22-,25+/m0/s1. The largest absolute Gasteiger partial charge is 0.493 e. The summed E-state index contributed by atoms with van der Waals surface area (Å²) in [5.74, 6) is 0.456. The molecule has 0 bridgehead atoms. The fraction of sp³-hybridized carbons (Fsp3) is 0.400. The van der Waals surface area contributed by atoms with Crippen molar-refractivity contribution in [3.63, 3.8) is 0 Å². The SMILES string of the molecule is COc1ccc(C[C@@]23CCN[C@H]2CC(=NNC(=O)Nc2ccc(C(=O)O)cc2)CC3)cc1OC. The zero-order chi connectivity index (χ0) is 24.1. The number of aromatic carboxylic acids is 1. The molecule has 0 aromatic heterocycles. The second kappa shape index (κ2) is 10.1. The molecule has 34 heavy (non-hydrogen) atoms. The number of carboxylic acid groups (broad SMARTS) is 1. The molecule has 0 spiro atoms. The summed E-state index contributed by atoms with van der Waals surface area (Å²) in [5, 5.41) is 19.6.